The second kappa shape index (κ2) is 6.59. The number of halogens is 1. The van der Waals surface area contributed by atoms with Gasteiger partial charge in [0.25, 0.3) is 0 Å². The number of methoxy groups -OCH3 is 1. The van der Waals surface area contributed by atoms with Gasteiger partial charge in [-0.2, -0.15) is 0 Å². The number of nitrogens with zero attached hydrogens (tertiary/aromatic N) is 1. The predicted molar refractivity (Wildman–Crippen MR) is 98.3 cm³/mol. The molecule has 132 valence electrons. The summed E-state index contributed by atoms with van der Waals surface area (Å²) in [5, 5.41) is 1.19. The summed E-state index contributed by atoms with van der Waals surface area (Å²) < 4.78 is 12.3. The predicted octanol–water partition coefficient (Wildman–Crippen LogP) is 3.77. The second-order valence-electron chi connectivity index (χ2n) is 6.20. The molecule has 0 amide bonds. The van der Waals surface area contributed by atoms with Gasteiger partial charge in [-0.05, 0) is 42.5 Å². The smallest absolute Gasteiger partial charge is 0.235 e. The summed E-state index contributed by atoms with van der Waals surface area (Å²) in [7, 11) is 1.55. The lowest BCUT2D eigenvalue weighted by atomic mass is 10.0. The SMILES string of the molecule is COc1ccc(C(=O)C(=O)c2cn(CC3CO3)c3ccc(Cl)cc23)cc1. The van der Waals surface area contributed by atoms with Crippen molar-refractivity contribution in [3.8, 4) is 5.75 Å². The number of benzene rings is 2. The summed E-state index contributed by atoms with van der Waals surface area (Å²) in [6.45, 7) is 1.35. The molecule has 0 radical (unpaired) electrons. The number of fused-ring (bicyclic) bond motifs is 1. The first-order valence-corrected chi connectivity index (χ1v) is 8.57. The van der Waals surface area contributed by atoms with Crippen LogP contribution in [0.15, 0.2) is 48.7 Å². The van der Waals surface area contributed by atoms with Gasteiger partial charge >= 0.3 is 0 Å². The van der Waals surface area contributed by atoms with Crippen molar-refractivity contribution in [1.29, 1.82) is 0 Å². The number of aromatic nitrogens is 1. The molecule has 0 bridgehead atoms. The number of carbonyl (C=O) groups is 2. The third-order valence-electron chi connectivity index (χ3n) is 4.45. The van der Waals surface area contributed by atoms with Gasteiger partial charge in [0.1, 0.15) is 5.75 Å². The highest BCUT2D eigenvalue weighted by Crippen LogP contribution is 2.28. The van der Waals surface area contributed by atoms with Crippen LogP contribution < -0.4 is 4.74 Å². The van der Waals surface area contributed by atoms with Crippen molar-refractivity contribution in [1.82, 2.24) is 4.57 Å². The van der Waals surface area contributed by atoms with Gasteiger partial charge in [0.2, 0.25) is 11.6 Å². The number of Topliss-reactive ketones (excluding diaryl/α,β-unsaturated/α-hetero) is 2. The van der Waals surface area contributed by atoms with Crippen LogP contribution in [0.2, 0.25) is 5.02 Å². The molecule has 1 aliphatic heterocycles. The zero-order valence-corrected chi connectivity index (χ0v) is 14.8. The number of hydrogen-bond acceptors (Lipinski definition) is 4. The molecular formula is C20H16ClNO4. The molecule has 2 aromatic carbocycles. The minimum Gasteiger partial charge on any atom is -0.497 e. The standard InChI is InChI=1S/C20H16ClNO4/c1-25-14-5-2-12(3-6-14)19(23)20(24)17-10-22(9-15-11-26-15)18-7-4-13(21)8-16(17)18/h2-8,10,15H,9,11H2,1H3. The maximum atomic E-state index is 12.9. The number of hydrogen-bond donors (Lipinski definition) is 0. The van der Waals surface area contributed by atoms with Crippen LogP contribution in [0.25, 0.3) is 10.9 Å². The molecule has 1 saturated heterocycles. The van der Waals surface area contributed by atoms with Crippen molar-refractivity contribution in [3.63, 3.8) is 0 Å². The molecule has 4 rings (SSSR count). The number of ketones is 2. The monoisotopic (exact) mass is 369 g/mol. The van der Waals surface area contributed by atoms with Crippen molar-refractivity contribution in [2.24, 2.45) is 0 Å². The quantitative estimate of drug-likeness (QED) is 0.377. The van der Waals surface area contributed by atoms with E-state index < -0.39 is 11.6 Å². The molecule has 0 N–H and O–H groups in total. The van der Waals surface area contributed by atoms with E-state index >= 15 is 0 Å². The fourth-order valence-electron chi connectivity index (χ4n) is 2.99. The van der Waals surface area contributed by atoms with Gasteiger partial charge in [-0.25, -0.2) is 0 Å². The molecule has 0 saturated carbocycles. The van der Waals surface area contributed by atoms with E-state index in [1.165, 1.54) is 0 Å². The van der Waals surface area contributed by atoms with Crippen LogP contribution >= 0.6 is 11.6 Å². The molecule has 6 heteroatoms. The zero-order chi connectivity index (χ0) is 18.3. The Labute approximate surface area is 155 Å². The van der Waals surface area contributed by atoms with E-state index in [0.29, 0.717) is 40.4 Å². The Balaban J connectivity index is 1.73. The Kier molecular flexibility index (Phi) is 4.26. The lowest BCUT2D eigenvalue weighted by Crippen LogP contribution is -2.14. The average Bonchev–Trinajstić information content (AvgIpc) is 3.41. The van der Waals surface area contributed by atoms with Crippen molar-refractivity contribution in [2.45, 2.75) is 12.6 Å². The molecule has 1 aliphatic rings. The Hall–Kier alpha value is -2.63. The molecule has 26 heavy (non-hydrogen) atoms. The van der Waals surface area contributed by atoms with Gasteiger partial charge in [-0.1, -0.05) is 11.6 Å². The first-order valence-electron chi connectivity index (χ1n) is 8.20. The highest BCUT2D eigenvalue weighted by atomic mass is 35.5. The fraction of sp³-hybridized carbons (Fsp3) is 0.200. The van der Waals surface area contributed by atoms with Crippen LogP contribution in [-0.2, 0) is 11.3 Å². The minimum absolute atomic E-state index is 0.154. The molecule has 2 heterocycles. The number of rotatable bonds is 6. The average molecular weight is 370 g/mol. The number of epoxide rings is 1. The molecule has 1 fully saturated rings. The van der Waals surface area contributed by atoms with Gasteiger partial charge in [0.15, 0.2) is 0 Å². The van der Waals surface area contributed by atoms with Crippen LogP contribution in [0.1, 0.15) is 20.7 Å². The highest BCUT2D eigenvalue weighted by molar-refractivity contribution is 6.51. The topological polar surface area (TPSA) is 60.8 Å². The Bertz CT molecular complexity index is 1000. The van der Waals surface area contributed by atoms with Crippen LogP contribution in [0.5, 0.6) is 5.75 Å². The van der Waals surface area contributed by atoms with E-state index in [-0.39, 0.29) is 6.10 Å². The van der Waals surface area contributed by atoms with E-state index in [9.17, 15) is 9.59 Å². The number of ether oxygens (including phenoxy) is 2. The summed E-state index contributed by atoms with van der Waals surface area (Å²) in [5.41, 5.74) is 1.53. The third-order valence-corrected chi connectivity index (χ3v) is 4.68. The Morgan fingerprint density at radius 3 is 2.58 bits per heavy atom. The van der Waals surface area contributed by atoms with Crippen molar-refractivity contribution in [2.75, 3.05) is 13.7 Å². The minimum atomic E-state index is -0.561. The van der Waals surface area contributed by atoms with Gasteiger partial charge < -0.3 is 14.0 Å². The van der Waals surface area contributed by atoms with Crippen LogP contribution in [0.4, 0.5) is 0 Å². The maximum Gasteiger partial charge on any atom is 0.235 e. The summed E-state index contributed by atoms with van der Waals surface area (Å²) in [4.78, 5) is 25.5. The fourth-order valence-corrected chi connectivity index (χ4v) is 3.16. The first-order chi connectivity index (χ1) is 12.6. The van der Waals surface area contributed by atoms with Crippen LogP contribution in [-0.4, -0.2) is 36.0 Å². The summed E-state index contributed by atoms with van der Waals surface area (Å²) in [5.74, 6) is -0.492. The number of carbonyl (C=O) groups excluding carboxylic acids is 2. The van der Waals surface area contributed by atoms with Gasteiger partial charge in [-0.15, -0.1) is 0 Å². The van der Waals surface area contributed by atoms with Crippen molar-refractivity contribution < 1.29 is 19.1 Å². The maximum absolute atomic E-state index is 12.9. The molecule has 3 aromatic rings. The largest absolute Gasteiger partial charge is 0.497 e. The van der Waals surface area contributed by atoms with Gasteiger partial charge in [-0.3, -0.25) is 9.59 Å². The summed E-state index contributed by atoms with van der Waals surface area (Å²) >= 11 is 6.11. The van der Waals surface area contributed by atoms with Gasteiger partial charge in [0, 0.05) is 27.7 Å². The van der Waals surface area contributed by atoms with Crippen molar-refractivity contribution >= 4 is 34.1 Å². The van der Waals surface area contributed by atoms with Crippen LogP contribution in [0.3, 0.4) is 0 Å². The molecule has 5 nitrogen and oxygen atoms in total. The third kappa shape index (κ3) is 3.11. The molecule has 1 atom stereocenters. The summed E-state index contributed by atoms with van der Waals surface area (Å²) in [6, 6.07) is 11.8. The highest BCUT2D eigenvalue weighted by Gasteiger charge is 2.27. The molecule has 0 spiro atoms. The molecular weight excluding hydrogens is 354 g/mol. The lowest BCUT2D eigenvalue weighted by Gasteiger charge is -2.02. The van der Waals surface area contributed by atoms with Crippen molar-refractivity contribution in [3.05, 3.63) is 64.8 Å². The Morgan fingerprint density at radius 2 is 1.92 bits per heavy atom. The Morgan fingerprint density at radius 1 is 1.19 bits per heavy atom. The molecule has 0 aliphatic carbocycles. The summed E-state index contributed by atoms with van der Waals surface area (Å²) in [6.07, 6.45) is 1.87. The van der Waals surface area contributed by atoms with Gasteiger partial charge in [0.05, 0.1) is 31.9 Å². The second-order valence-corrected chi connectivity index (χ2v) is 6.64. The van der Waals surface area contributed by atoms with E-state index in [1.54, 1.807) is 49.7 Å². The van der Waals surface area contributed by atoms with E-state index in [4.69, 9.17) is 21.1 Å². The van der Waals surface area contributed by atoms with E-state index in [0.717, 1.165) is 5.52 Å². The zero-order valence-electron chi connectivity index (χ0n) is 14.1. The van der Waals surface area contributed by atoms with E-state index in [2.05, 4.69) is 0 Å². The lowest BCUT2D eigenvalue weighted by molar-refractivity contribution is 0.0817. The molecule has 1 unspecified atom stereocenters. The van der Waals surface area contributed by atoms with E-state index in [1.807, 2.05) is 10.6 Å². The molecule has 1 aromatic heterocycles. The first kappa shape index (κ1) is 16.8. The van der Waals surface area contributed by atoms with Crippen LogP contribution in [0, 0.1) is 0 Å². The normalized spacial score (nSPS) is 15.8.